The van der Waals surface area contributed by atoms with Gasteiger partial charge in [-0.2, -0.15) is 5.26 Å². The van der Waals surface area contributed by atoms with Gasteiger partial charge in [0.25, 0.3) is 0 Å². The Kier molecular flexibility index (Phi) is 9.70. The number of amides is 1. The van der Waals surface area contributed by atoms with Crippen LogP contribution in [0, 0.1) is 11.3 Å². The van der Waals surface area contributed by atoms with Gasteiger partial charge in [0.1, 0.15) is 24.2 Å². The number of pyridine rings is 2. The highest BCUT2D eigenvalue weighted by atomic mass is 35.5. The summed E-state index contributed by atoms with van der Waals surface area (Å²) in [6.45, 7) is 5.39. The summed E-state index contributed by atoms with van der Waals surface area (Å²) in [5, 5.41) is 17.3. The van der Waals surface area contributed by atoms with Crippen LogP contribution in [0.5, 0.6) is 11.5 Å². The molecule has 0 spiro atoms. The van der Waals surface area contributed by atoms with E-state index in [9.17, 15) is 10.1 Å². The van der Waals surface area contributed by atoms with Gasteiger partial charge >= 0.3 is 0 Å². The topological polar surface area (TPSA) is 112 Å². The number of fused-ring (bicyclic) bond motifs is 1. The molecule has 2 N–H and O–H groups in total. The number of hydrogen-bond acceptors (Lipinski definition) is 8. The molecule has 0 unspecified atom stereocenters. The highest BCUT2D eigenvalue weighted by molar-refractivity contribution is 6.32. The number of rotatable bonds is 11. The van der Waals surface area contributed by atoms with Crippen molar-refractivity contribution in [2.45, 2.75) is 39.2 Å². The monoisotopic (exact) mass is 584 g/mol. The van der Waals surface area contributed by atoms with Gasteiger partial charge in [0, 0.05) is 42.5 Å². The molecule has 5 rings (SSSR count). The van der Waals surface area contributed by atoms with Crippen molar-refractivity contribution in [2.75, 3.05) is 36.9 Å². The van der Waals surface area contributed by atoms with Crippen LogP contribution in [0.3, 0.4) is 0 Å². The molecule has 0 bridgehead atoms. The third-order valence-corrected chi connectivity index (χ3v) is 7.37. The third-order valence-electron chi connectivity index (χ3n) is 7.07. The van der Waals surface area contributed by atoms with E-state index in [2.05, 4.69) is 31.6 Å². The summed E-state index contributed by atoms with van der Waals surface area (Å²) in [5.74, 6) is 0.952. The van der Waals surface area contributed by atoms with E-state index in [0.717, 1.165) is 25.3 Å². The number of aromatic nitrogens is 2. The van der Waals surface area contributed by atoms with Crippen LogP contribution in [-0.4, -0.2) is 47.0 Å². The van der Waals surface area contributed by atoms with Crippen molar-refractivity contribution in [1.29, 1.82) is 5.26 Å². The van der Waals surface area contributed by atoms with Crippen molar-refractivity contribution < 1.29 is 14.3 Å². The maximum Gasteiger partial charge on any atom is 0.225 e. The van der Waals surface area contributed by atoms with Gasteiger partial charge in [-0.25, -0.2) is 0 Å². The summed E-state index contributed by atoms with van der Waals surface area (Å²) in [6.07, 6.45) is 7.22. The second kappa shape index (κ2) is 14.0. The Morgan fingerprint density at radius 3 is 2.67 bits per heavy atom. The SMILES string of the molecule is CCOc1cc2ncc(C#N)c(Nc3ccc(OCc4ccccn4)c(Cl)c3)c2cc1NC(=O)CCN1CCCCC1. The smallest absolute Gasteiger partial charge is 0.225 e. The highest BCUT2D eigenvalue weighted by Crippen LogP contribution is 2.37. The number of ether oxygens (including phenoxy) is 2. The first-order valence-electron chi connectivity index (χ1n) is 14.1. The molecule has 1 saturated heterocycles. The Labute approximate surface area is 250 Å². The fourth-order valence-corrected chi connectivity index (χ4v) is 5.18. The minimum absolute atomic E-state index is 0.0899. The lowest BCUT2D eigenvalue weighted by Gasteiger charge is -2.26. The first kappa shape index (κ1) is 29.1. The Balaban J connectivity index is 1.39. The number of hydrogen-bond donors (Lipinski definition) is 2. The van der Waals surface area contributed by atoms with E-state index < -0.39 is 0 Å². The first-order chi connectivity index (χ1) is 20.5. The average Bonchev–Trinajstić information content (AvgIpc) is 3.01. The normalized spacial score (nSPS) is 13.4. The molecule has 2 aromatic heterocycles. The lowest BCUT2D eigenvalue weighted by molar-refractivity contribution is -0.116. The average molecular weight is 585 g/mol. The zero-order valence-corrected chi connectivity index (χ0v) is 24.3. The molecule has 3 heterocycles. The number of piperidine rings is 1. The maximum absolute atomic E-state index is 13.0. The summed E-state index contributed by atoms with van der Waals surface area (Å²) < 4.78 is 11.7. The number of halogens is 1. The molecule has 1 fully saturated rings. The number of nitrogens with one attached hydrogen (secondary N) is 2. The molecule has 2 aromatic carbocycles. The minimum atomic E-state index is -0.0899. The van der Waals surface area contributed by atoms with Crippen LogP contribution in [0.2, 0.25) is 5.02 Å². The predicted molar refractivity (Wildman–Crippen MR) is 164 cm³/mol. The molecule has 1 aliphatic heterocycles. The molecule has 0 atom stereocenters. The Morgan fingerprint density at radius 2 is 1.93 bits per heavy atom. The third kappa shape index (κ3) is 7.27. The second-order valence-electron chi connectivity index (χ2n) is 10.0. The van der Waals surface area contributed by atoms with Gasteiger partial charge in [-0.15, -0.1) is 0 Å². The van der Waals surface area contributed by atoms with Gasteiger partial charge in [-0.1, -0.05) is 24.1 Å². The molecule has 1 amide bonds. The highest BCUT2D eigenvalue weighted by Gasteiger charge is 2.17. The number of likely N-dealkylation sites (tertiary alicyclic amines) is 1. The van der Waals surface area contributed by atoms with Crippen LogP contribution >= 0.6 is 11.6 Å². The minimum Gasteiger partial charge on any atom is -0.492 e. The number of anilines is 3. The van der Waals surface area contributed by atoms with Crippen molar-refractivity contribution >= 4 is 45.5 Å². The van der Waals surface area contributed by atoms with Crippen LogP contribution < -0.4 is 20.1 Å². The van der Waals surface area contributed by atoms with Crippen LogP contribution in [0.1, 0.15) is 43.9 Å². The zero-order chi connectivity index (χ0) is 29.3. The molecule has 42 heavy (non-hydrogen) atoms. The summed E-state index contributed by atoms with van der Waals surface area (Å²) in [7, 11) is 0. The van der Waals surface area contributed by atoms with E-state index >= 15 is 0 Å². The number of nitriles is 1. The number of carbonyl (C=O) groups is 1. The molecule has 4 aromatic rings. The number of carbonyl (C=O) groups excluding carboxylic acids is 1. The lowest BCUT2D eigenvalue weighted by atomic mass is 10.1. The molecule has 9 nitrogen and oxygen atoms in total. The van der Waals surface area contributed by atoms with E-state index in [0.29, 0.717) is 63.1 Å². The molecule has 1 aliphatic rings. The molecular formula is C32H33ClN6O3. The summed E-state index contributed by atoms with van der Waals surface area (Å²) >= 11 is 6.55. The standard InChI is InChI=1S/C32H33ClN6O3/c1-2-41-30-18-27-25(17-28(30)38-31(40)11-15-39-13-6-3-7-14-39)32(22(19-34)20-36-27)37-23-9-10-29(26(33)16-23)42-21-24-8-4-5-12-35-24/h4-5,8-10,12,16-18,20H,2-3,6-7,11,13-15,21H2,1H3,(H,36,37)(H,38,40). The van der Waals surface area contributed by atoms with Gasteiger partial charge in [0.05, 0.1) is 39.8 Å². The summed E-state index contributed by atoms with van der Waals surface area (Å²) in [5.41, 5.74) is 3.50. The van der Waals surface area contributed by atoms with Gasteiger partial charge in [0.2, 0.25) is 5.91 Å². The number of nitrogens with zero attached hydrogens (tertiary/aromatic N) is 4. The number of benzene rings is 2. The van der Waals surface area contributed by atoms with Crippen molar-refractivity contribution in [3.8, 4) is 17.6 Å². The van der Waals surface area contributed by atoms with Crippen molar-refractivity contribution in [1.82, 2.24) is 14.9 Å². The molecule has 10 heteroatoms. The quantitative estimate of drug-likeness (QED) is 0.200. The fraction of sp³-hybridized carbons (Fsp3) is 0.312. The van der Waals surface area contributed by atoms with Crippen LogP contribution in [0.15, 0.2) is 60.9 Å². The second-order valence-corrected chi connectivity index (χ2v) is 10.4. The molecule has 216 valence electrons. The molecule has 0 saturated carbocycles. The summed E-state index contributed by atoms with van der Waals surface area (Å²) in [6, 6.07) is 16.8. The van der Waals surface area contributed by atoms with Gasteiger partial charge in [0.15, 0.2) is 0 Å². The van der Waals surface area contributed by atoms with Crippen molar-refractivity contribution in [2.24, 2.45) is 0 Å². The molecular weight excluding hydrogens is 552 g/mol. The van der Waals surface area contributed by atoms with E-state index in [-0.39, 0.29) is 12.5 Å². The molecule has 0 aliphatic carbocycles. The van der Waals surface area contributed by atoms with Crippen LogP contribution in [-0.2, 0) is 11.4 Å². The predicted octanol–water partition coefficient (Wildman–Crippen LogP) is 6.69. The first-order valence-corrected chi connectivity index (χ1v) is 14.5. The summed E-state index contributed by atoms with van der Waals surface area (Å²) in [4.78, 5) is 24.0. The largest absolute Gasteiger partial charge is 0.492 e. The van der Waals surface area contributed by atoms with Gasteiger partial charge in [-0.3, -0.25) is 14.8 Å². The van der Waals surface area contributed by atoms with E-state index in [1.165, 1.54) is 25.5 Å². The zero-order valence-electron chi connectivity index (χ0n) is 23.5. The van der Waals surface area contributed by atoms with E-state index in [4.69, 9.17) is 21.1 Å². The van der Waals surface area contributed by atoms with E-state index in [1.807, 2.05) is 31.2 Å². The Hall–Kier alpha value is -4.39. The van der Waals surface area contributed by atoms with E-state index in [1.54, 1.807) is 30.5 Å². The lowest BCUT2D eigenvalue weighted by Crippen LogP contribution is -2.32. The molecule has 0 radical (unpaired) electrons. The fourth-order valence-electron chi connectivity index (χ4n) is 4.94. The van der Waals surface area contributed by atoms with Crippen LogP contribution in [0.25, 0.3) is 10.9 Å². The van der Waals surface area contributed by atoms with Gasteiger partial charge < -0.3 is 25.0 Å². The Morgan fingerprint density at radius 1 is 1.07 bits per heavy atom. The van der Waals surface area contributed by atoms with Crippen molar-refractivity contribution in [3.63, 3.8) is 0 Å². The van der Waals surface area contributed by atoms with Crippen LogP contribution in [0.4, 0.5) is 17.1 Å². The van der Waals surface area contributed by atoms with Crippen molar-refractivity contribution in [3.05, 3.63) is 77.2 Å². The maximum atomic E-state index is 13.0. The van der Waals surface area contributed by atoms with Gasteiger partial charge in [-0.05, 0) is 69.3 Å². The Bertz CT molecular complexity index is 1590.